The van der Waals surface area contributed by atoms with Crippen LogP contribution in [0.1, 0.15) is 34.3 Å². The Labute approximate surface area is 117 Å². The Hall–Kier alpha value is -2.17. The molecule has 2 aliphatic rings. The van der Waals surface area contributed by atoms with Gasteiger partial charge in [-0.1, -0.05) is 12.1 Å². The van der Waals surface area contributed by atoms with Gasteiger partial charge in [-0.05, 0) is 31.4 Å². The van der Waals surface area contributed by atoms with Gasteiger partial charge in [0.05, 0.1) is 11.3 Å². The zero-order valence-electron chi connectivity index (χ0n) is 11.4. The summed E-state index contributed by atoms with van der Waals surface area (Å²) in [6.45, 7) is 3.51. The van der Waals surface area contributed by atoms with Crippen molar-refractivity contribution in [1.82, 2.24) is 5.43 Å². The number of rotatable bonds is 2. The number of nitrogens with zero attached hydrogens (tertiary/aromatic N) is 2. The monoisotopic (exact) mass is 271 g/mol. The van der Waals surface area contributed by atoms with E-state index in [9.17, 15) is 9.90 Å². The molecule has 0 saturated carbocycles. The van der Waals surface area contributed by atoms with E-state index in [0.717, 1.165) is 37.2 Å². The fourth-order valence-electron chi connectivity index (χ4n) is 2.91. The molecule has 0 aliphatic carbocycles. The van der Waals surface area contributed by atoms with Gasteiger partial charge in [0.1, 0.15) is 5.71 Å². The molecule has 0 fully saturated rings. The molecule has 1 aromatic rings. The van der Waals surface area contributed by atoms with Gasteiger partial charge < -0.3 is 10.5 Å². The van der Waals surface area contributed by atoms with Crippen LogP contribution in [0.2, 0.25) is 0 Å². The van der Waals surface area contributed by atoms with E-state index < -0.39 is 5.97 Å². The molecule has 5 nitrogen and oxygen atoms in total. The van der Waals surface area contributed by atoms with Crippen LogP contribution in [0.4, 0.5) is 0 Å². The van der Waals surface area contributed by atoms with Crippen LogP contribution >= 0.6 is 0 Å². The number of carboxylic acid groups (broad SMARTS) is 1. The topological polar surface area (TPSA) is 74.0 Å². The Morgan fingerprint density at radius 3 is 3.10 bits per heavy atom. The molecular formula is C15H17N3O2. The van der Waals surface area contributed by atoms with E-state index >= 15 is 0 Å². The van der Waals surface area contributed by atoms with Gasteiger partial charge in [-0.25, -0.2) is 4.79 Å². The zero-order valence-corrected chi connectivity index (χ0v) is 11.4. The van der Waals surface area contributed by atoms with Crippen LogP contribution in [-0.4, -0.2) is 35.6 Å². The molecule has 20 heavy (non-hydrogen) atoms. The van der Waals surface area contributed by atoms with Gasteiger partial charge in [-0.15, -0.1) is 0 Å². The molecule has 5 heteroatoms. The number of aliphatic imine (C=N–C) groups is 1. The van der Waals surface area contributed by atoms with Crippen LogP contribution < -0.4 is 5.43 Å². The average Bonchev–Trinajstić information content (AvgIpc) is 2.46. The fraction of sp³-hybridized carbons (Fsp3) is 0.400. The highest BCUT2D eigenvalue weighted by molar-refractivity contribution is 6.50. The smallest absolute Gasteiger partial charge is 0.336 e. The lowest BCUT2D eigenvalue weighted by Gasteiger charge is -2.29. The van der Waals surface area contributed by atoms with Gasteiger partial charge in [0.2, 0.25) is 0 Å². The molecule has 3 rings (SSSR count). The predicted molar refractivity (Wildman–Crippen MR) is 77.7 cm³/mol. The highest BCUT2D eigenvalue weighted by Gasteiger charge is 2.30. The third-order valence-electron chi connectivity index (χ3n) is 3.89. The normalized spacial score (nSPS) is 21.4. The van der Waals surface area contributed by atoms with Crippen LogP contribution in [0, 0.1) is 12.8 Å². The molecule has 1 unspecified atom stereocenters. The first-order valence-corrected chi connectivity index (χ1v) is 6.87. The Morgan fingerprint density at radius 1 is 1.45 bits per heavy atom. The maximum atomic E-state index is 11.5. The van der Waals surface area contributed by atoms with Crippen molar-refractivity contribution in [3.63, 3.8) is 0 Å². The summed E-state index contributed by atoms with van der Waals surface area (Å²) in [6.07, 6.45) is 2.17. The molecule has 2 N–H and O–H groups in total. The molecule has 2 heterocycles. The second-order valence-corrected chi connectivity index (χ2v) is 5.23. The van der Waals surface area contributed by atoms with Crippen molar-refractivity contribution in [2.45, 2.75) is 19.8 Å². The Morgan fingerprint density at radius 2 is 2.30 bits per heavy atom. The molecule has 1 aromatic carbocycles. The van der Waals surface area contributed by atoms with Crippen molar-refractivity contribution in [3.8, 4) is 0 Å². The summed E-state index contributed by atoms with van der Waals surface area (Å²) < 4.78 is 0. The van der Waals surface area contributed by atoms with Crippen LogP contribution in [0.3, 0.4) is 0 Å². The maximum absolute atomic E-state index is 11.5. The first-order chi connectivity index (χ1) is 9.68. The SMILES string of the molecule is Cc1cccc(C(=O)O)c1C1=NNCC2CCCN=C12. The standard InChI is InChI=1S/C15H17N3O2/c1-9-4-2-6-11(15(19)20)12(9)14-13-10(8-17-18-14)5-3-7-16-13/h2,4,6,10,17H,3,5,7-8H2,1H3,(H,19,20). The quantitative estimate of drug-likeness (QED) is 0.862. The Bertz CT molecular complexity index is 620. The highest BCUT2D eigenvalue weighted by Crippen LogP contribution is 2.24. The predicted octanol–water partition coefficient (Wildman–Crippen LogP) is 1.85. The first-order valence-electron chi connectivity index (χ1n) is 6.87. The molecule has 1 atom stereocenters. The number of benzene rings is 1. The number of carbonyl (C=O) groups is 1. The minimum atomic E-state index is -0.926. The first kappa shape index (κ1) is 12.8. The summed E-state index contributed by atoms with van der Waals surface area (Å²) in [5, 5.41) is 13.8. The highest BCUT2D eigenvalue weighted by atomic mass is 16.4. The van der Waals surface area contributed by atoms with Gasteiger partial charge in [-0.2, -0.15) is 5.10 Å². The van der Waals surface area contributed by atoms with Crippen LogP contribution in [0.15, 0.2) is 28.3 Å². The van der Waals surface area contributed by atoms with E-state index in [1.807, 2.05) is 13.0 Å². The average molecular weight is 271 g/mol. The fourth-order valence-corrected chi connectivity index (χ4v) is 2.91. The van der Waals surface area contributed by atoms with E-state index in [1.165, 1.54) is 0 Å². The third-order valence-corrected chi connectivity index (χ3v) is 3.89. The molecule has 0 radical (unpaired) electrons. The van der Waals surface area contributed by atoms with Crippen LogP contribution in [0.5, 0.6) is 0 Å². The number of fused-ring (bicyclic) bond motifs is 1. The summed E-state index contributed by atoms with van der Waals surface area (Å²) in [4.78, 5) is 16.1. The maximum Gasteiger partial charge on any atom is 0.336 e. The summed E-state index contributed by atoms with van der Waals surface area (Å²) in [6, 6.07) is 5.30. The van der Waals surface area contributed by atoms with Crippen molar-refractivity contribution in [2.75, 3.05) is 13.1 Å². The van der Waals surface area contributed by atoms with Crippen LogP contribution in [0.25, 0.3) is 0 Å². The third kappa shape index (κ3) is 2.09. The second kappa shape index (κ2) is 5.07. The number of nitrogens with one attached hydrogen (secondary N) is 1. The lowest BCUT2D eigenvalue weighted by atomic mass is 9.85. The summed E-state index contributed by atoms with van der Waals surface area (Å²) in [7, 11) is 0. The van der Waals surface area contributed by atoms with E-state index in [0.29, 0.717) is 22.8 Å². The van der Waals surface area contributed by atoms with Gasteiger partial charge in [0.15, 0.2) is 0 Å². The van der Waals surface area contributed by atoms with E-state index in [-0.39, 0.29) is 0 Å². The second-order valence-electron chi connectivity index (χ2n) is 5.23. The van der Waals surface area contributed by atoms with Crippen molar-refractivity contribution in [2.24, 2.45) is 16.0 Å². The number of aryl methyl sites for hydroxylation is 1. The van der Waals surface area contributed by atoms with Crippen molar-refractivity contribution in [3.05, 3.63) is 34.9 Å². The van der Waals surface area contributed by atoms with Gasteiger partial charge in [-0.3, -0.25) is 4.99 Å². The van der Waals surface area contributed by atoms with Crippen molar-refractivity contribution in [1.29, 1.82) is 0 Å². The van der Waals surface area contributed by atoms with Crippen LogP contribution in [-0.2, 0) is 0 Å². The minimum absolute atomic E-state index is 0.291. The lowest BCUT2D eigenvalue weighted by Crippen LogP contribution is -2.41. The molecule has 0 aromatic heterocycles. The Kier molecular flexibility index (Phi) is 3.26. The molecule has 0 saturated heterocycles. The molecule has 0 spiro atoms. The number of carboxylic acids is 1. The molecular weight excluding hydrogens is 254 g/mol. The van der Waals surface area contributed by atoms with E-state index in [4.69, 9.17) is 0 Å². The summed E-state index contributed by atoms with van der Waals surface area (Å²) >= 11 is 0. The van der Waals surface area contributed by atoms with Crippen molar-refractivity contribution >= 4 is 17.4 Å². The summed E-state index contributed by atoms with van der Waals surface area (Å²) in [5.41, 5.74) is 6.61. The summed E-state index contributed by atoms with van der Waals surface area (Å²) in [5.74, 6) is -0.581. The number of hydrogen-bond donors (Lipinski definition) is 2. The zero-order chi connectivity index (χ0) is 14.1. The molecule has 2 aliphatic heterocycles. The minimum Gasteiger partial charge on any atom is -0.478 e. The van der Waals surface area contributed by atoms with E-state index in [1.54, 1.807) is 12.1 Å². The molecule has 0 amide bonds. The van der Waals surface area contributed by atoms with Gasteiger partial charge in [0.25, 0.3) is 0 Å². The number of hydrogen-bond acceptors (Lipinski definition) is 4. The molecule has 104 valence electrons. The number of aromatic carboxylic acids is 1. The Balaban J connectivity index is 2.15. The number of hydrazone groups is 1. The van der Waals surface area contributed by atoms with Gasteiger partial charge >= 0.3 is 5.97 Å². The van der Waals surface area contributed by atoms with Crippen molar-refractivity contribution < 1.29 is 9.90 Å². The van der Waals surface area contributed by atoms with E-state index in [2.05, 4.69) is 15.5 Å². The molecule has 0 bridgehead atoms. The largest absolute Gasteiger partial charge is 0.478 e. The lowest BCUT2D eigenvalue weighted by molar-refractivity contribution is 0.0696. The van der Waals surface area contributed by atoms with Gasteiger partial charge in [0, 0.05) is 24.6 Å².